The van der Waals surface area contributed by atoms with Gasteiger partial charge in [0.05, 0.1) is 31.1 Å². The first-order valence-corrected chi connectivity index (χ1v) is 10.7. The lowest BCUT2D eigenvalue weighted by Gasteiger charge is -2.35. The largest absolute Gasteiger partial charge is 0.376 e. The topological polar surface area (TPSA) is 89.3 Å². The first-order valence-electron chi connectivity index (χ1n) is 10.7. The molecule has 160 valence electrons. The van der Waals surface area contributed by atoms with Crippen LogP contribution < -0.4 is 10.5 Å². The minimum Gasteiger partial charge on any atom is -0.376 e. The Kier molecular flexibility index (Phi) is 5.68. The summed E-state index contributed by atoms with van der Waals surface area (Å²) in [5.41, 5.74) is 3.86. The lowest BCUT2D eigenvalue weighted by Crippen LogP contribution is -2.48. The summed E-state index contributed by atoms with van der Waals surface area (Å²) < 4.78 is 7.10. The smallest absolute Gasteiger partial charge is 0.266 e. The molecule has 0 N–H and O–H groups in total. The molecule has 0 atom stereocenters. The van der Waals surface area contributed by atoms with Crippen LogP contribution in [-0.2, 0) is 24.3 Å². The molecule has 5 heterocycles. The number of hydrogen-bond donors (Lipinski definition) is 0. The minimum absolute atomic E-state index is 0.0806. The highest BCUT2D eigenvalue weighted by molar-refractivity contribution is 5.57. The number of aromatic nitrogens is 5. The number of nitrogens with zero attached hydrogens (tertiary/aromatic N) is 7. The Hall–Kier alpha value is -3.17. The van der Waals surface area contributed by atoms with Crippen molar-refractivity contribution in [2.75, 3.05) is 44.2 Å². The van der Waals surface area contributed by atoms with Crippen LogP contribution in [0.2, 0.25) is 0 Å². The number of pyridine rings is 1. The molecule has 0 aliphatic carbocycles. The number of hydrogen-bond acceptors (Lipinski definition) is 8. The fourth-order valence-corrected chi connectivity index (χ4v) is 4.01. The Balaban J connectivity index is 1.19. The molecule has 3 aromatic heterocycles. The SMILES string of the molecule is O=c1ccc(-c2ccncc2)nn1CCN1CCN(c2cc3c(nn2)CCOC3)CC1. The van der Waals surface area contributed by atoms with Crippen LogP contribution in [0.5, 0.6) is 0 Å². The van der Waals surface area contributed by atoms with Gasteiger partial charge in [0.2, 0.25) is 0 Å². The van der Waals surface area contributed by atoms with Gasteiger partial charge in [0, 0.05) is 68.7 Å². The van der Waals surface area contributed by atoms with Crippen molar-refractivity contribution in [1.82, 2.24) is 29.9 Å². The molecule has 0 bridgehead atoms. The third kappa shape index (κ3) is 4.47. The van der Waals surface area contributed by atoms with Gasteiger partial charge in [-0.15, -0.1) is 5.10 Å². The molecule has 1 fully saturated rings. The Labute approximate surface area is 180 Å². The van der Waals surface area contributed by atoms with Gasteiger partial charge in [-0.25, -0.2) is 4.68 Å². The molecule has 9 heteroatoms. The molecule has 3 aromatic rings. The van der Waals surface area contributed by atoms with Gasteiger partial charge in [0.25, 0.3) is 5.56 Å². The van der Waals surface area contributed by atoms with Gasteiger partial charge in [-0.2, -0.15) is 10.2 Å². The number of rotatable bonds is 5. The van der Waals surface area contributed by atoms with Crippen molar-refractivity contribution in [1.29, 1.82) is 0 Å². The number of anilines is 1. The fraction of sp³-hybridized carbons (Fsp3) is 0.409. The van der Waals surface area contributed by atoms with Crippen LogP contribution in [0.3, 0.4) is 0 Å². The maximum Gasteiger partial charge on any atom is 0.266 e. The summed E-state index contributed by atoms with van der Waals surface area (Å²) in [5.74, 6) is 0.923. The summed E-state index contributed by atoms with van der Waals surface area (Å²) in [4.78, 5) is 20.9. The summed E-state index contributed by atoms with van der Waals surface area (Å²) in [5, 5.41) is 13.4. The van der Waals surface area contributed by atoms with E-state index in [1.807, 2.05) is 12.1 Å². The second-order valence-electron chi connectivity index (χ2n) is 7.82. The first kappa shape index (κ1) is 19.8. The Morgan fingerprint density at radius 1 is 0.968 bits per heavy atom. The monoisotopic (exact) mass is 419 g/mol. The van der Waals surface area contributed by atoms with Crippen LogP contribution in [0.4, 0.5) is 5.82 Å². The highest BCUT2D eigenvalue weighted by Crippen LogP contribution is 2.20. The van der Waals surface area contributed by atoms with Gasteiger partial charge in [-0.1, -0.05) is 0 Å². The standard InChI is InChI=1S/C22H25N7O2/c30-22-2-1-20(17-3-6-23-7-4-17)26-29(22)13-10-27-8-11-28(12-9-27)21-15-18-16-31-14-5-19(18)24-25-21/h1-4,6-7,15H,5,8-14,16H2. The zero-order valence-electron chi connectivity index (χ0n) is 17.4. The number of fused-ring (bicyclic) bond motifs is 1. The molecule has 0 spiro atoms. The average molecular weight is 419 g/mol. The van der Waals surface area contributed by atoms with Crippen LogP contribution >= 0.6 is 0 Å². The van der Waals surface area contributed by atoms with E-state index in [-0.39, 0.29) is 5.56 Å². The molecule has 0 radical (unpaired) electrons. The Bertz CT molecular complexity index is 1090. The minimum atomic E-state index is -0.0806. The van der Waals surface area contributed by atoms with Crippen molar-refractivity contribution >= 4 is 5.82 Å². The summed E-state index contributed by atoms with van der Waals surface area (Å²) in [6.07, 6.45) is 4.30. The quantitative estimate of drug-likeness (QED) is 0.605. The number of ether oxygens (including phenoxy) is 1. The molecule has 2 aliphatic rings. The van der Waals surface area contributed by atoms with Crippen molar-refractivity contribution in [3.8, 4) is 11.3 Å². The molecule has 0 amide bonds. The molecule has 5 rings (SSSR count). The van der Waals surface area contributed by atoms with E-state index in [9.17, 15) is 4.79 Å². The van der Waals surface area contributed by atoms with E-state index in [1.165, 1.54) is 0 Å². The fourth-order valence-electron chi connectivity index (χ4n) is 4.01. The third-order valence-corrected chi connectivity index (χ3v) is 5.85. The van der Waals surface area contributed by atoms with Crippen molar-refractivity contribution in [3.05, 3.63) is 64.3 Å². The Morgan fingerprint density at radius 2 is 1.81 bits per heavy atom. The van der Waals surface area contributed by atoms with Gasteiger partial charge in [0.15, 0.2) is 5.82 Å². The van der Waals surface area contributed by atoms with Crippen molar-refractivity contribution < 1.29 is 4.74 Å². The molecule has 9 nitrogen and oxygen atoms in total. The molecule has 0 unspecified atom stereocenters. The first-order chi connectivity index (χ1) is 15.3. The molecule has 1 saturated heterocycles. The lowest BCUT2D eigenvalue weighted by molar-refractivity contribution is 0.108. The third-order valence-electron chi connectivity index (χ3n) is 5.85. The van der Waals surface area contributed by atoms with E-state index >= 15 is 0 Å². The molecule has 2 aliphatic heterocycles. The van der Waals surface area contributed by atoms with Crippen LogP contribution in [0.1, 0.15) is 11.3 Å². The van der Waals surface area contributed by atoms with Gasteiger partial charge >= 0.3 is 0 Å². The second-order valence-corrected chi connectivity index (χ2v) is 7.82. The summed E-state index contributed by atoms with van der Waals surface area (Å²) in [6, 6.07) is 9.25. The van der Waals surface area contributed by atoms with E-state index in [0.29, 0.717) is 13.2 Å². The van der Waals surface area contributed by atoms with E-state index in [4.69, 9.17) is 4.74 Å². The van der Waals surface area contributed by atoms with Crippen molar-refractivity contribution in [2.24, 2.45) is 0 Å². The average Bonchev–Trinajstić information content (AvgIpc) is 2.84. The Morgan fingerprint density at radius 3 is 2.65 bits per heavy atom. The highest BCUT2D eigenvalue weighted by Gasteiger charge is 2.20. The van der Waals surface area contributed by atoms with Crippen LogP contribution in [-0.4, -0.2) is 69.2 Å². The van der Waals surface area contributed by atoms with Gasteiger partial charge in [0.1, 0.15) is 0 Å². The second kappa shape index (κ2) is 8.91. The van der Waals surface area contributed by atoms with Crippen LogP contribution in [0.25, 0.3) is 11.3 Å². The van der Waals surface area contributed by atoms with Gasteiger partial charge in [-0.05, 0) is 24.3 Å². The van der Waals surface area contributed by atoms with E-state index in [2.05, 4.69) is 36.1 Å². The highest BCUT2D eigenvalue weighted by atomic mass is 16.5. The summed E-state index contributed by atoms with van der Waals surface area (Å²) >= 11 is 0. The van der Waals surface area contributed by atoms with Crippen LogP contribution in [0.15, 0.2) is 47.5 Å². The van der Waals surface area contributed by atoms with Gasteiger partial charge in [-0.3, -0.25) is 14.7 Å². The summed E-state index contributed by atoms with van der Waals surface area (Å²) in [7, 11) is 0. The normalized spacial score (nSPS) is 16.8. The zero-order chi connectivity index (χ0) is 21.0. The molecule has 31 heavy (non-hydrogen) atoms. The van der Waals surface area contributed by atoms with Crippen molar-refractivity contribution in [2.45, 2.75) is 19.6 Å². The molecule has 0 saturated carbocycles. The molecular formula is C22H25N7O2. The number of piperazine rings is 1. The predicted octanol–water partition coefficient (Wildman–Crippen LogP) is 0.990. The van der Waals surface area contributed by atoms with Crippen molar-refractivity contribution in [3.63, 3.8) is 0 Å². The predicted molar refractivity (Wildman–Crippen MR) is 116 cm³/mol. The van der Waals surface area contributed by atoms with E-state index in [1.54, 1.807) is 29.2 Å². The lowest BCUT2D eigenvalue weighted by atomic mass is 10.1. The van der Waals surface area contributed by atoms with Crippen LogP contribution in [0, 0.1) is 0 Å². The zero-order valence-corrected chi connectivity index (χ0v) is 17.4. The maximum absolute atomic E-state index is 12.3. The maximum atomic E-state index is 12.3. The van der Waals surface area contributed by atoms with E-state index < -0.39 is 0 Å². The van der Waals surface area contributed by atoms with Gasteiger partial charge < -0.3 is 9.64 Å². The van der Waals surface area contributed by atoms with E-state index in [0.717, 1.165) is 74.1 Å². The molecule has 0 aromatic carbocycles. The molecular weight excluding hydrogens is 394 g/mol. The summed E-state index contributed by atoms with van der Waals surface area (Å²) in [6.45, 7) is 6.28.